The van der Waals surface area contributed by atoms with Crippen LogP contribution in [0.4, 0.5) is 0 Å². The molecule has 1 N–H and O–H groups in total. The Morgan fingerprint density at radius 1 is 1.14 bits per heavy atom. The van der Waals surface area contributed by atoms with Crippen molar-refractivity contribution >= 4 is 11.9 Å². The van der Waals surface area contributed by atoms with Crippen molar-refractivity contribution in [2.75, 3.05) is 7.05 Å². The summed E-state index contributed by atoms with van der Waals surface area (Å²) in [5.74, 6) is 1.52. The van der Waals surface area contributed by atoms with Crippen molar-refractivity contribution in [2.45, 2.75) is 58.8 Å². The zero-order valence-electron chi connectivity index (χ0n) is 17.7. The van der Waals surface area contributed by atoms with Crippen LogP contribution in [-0.4, -0.2) is 22.9 Å². The number of nitrogens with zero attached hydrogens (tertiary/aromatic N) is 3. The molecule has 1 fully saturated rings. The molecule has 28 heavy (non-hydrogen) atoms. The molecule has 0 saturated heterocycles. The number of aliphatic imine (C=N–C) groups is 1. The van der Waals surface area contributed by atoms with Crippen LogP contribution < -0.4 is 5.32 Å². The highest BCUT2D eigenvalue weighted by Gasteiger charge is 2.20. The van der Waals surface area contributed by atoms with Gasteiger partial charge in [-0.25, -0.2) is 4.98 Å². The molecule has 0 amide bonds. The highest BCUT2D eigenvalue weighted by atomic mass is 15.1. The van der Waals surface area contributed by atoms with Gasteiger partial charge in [-0.2, -0.15) is 0 Å². The molecule has 148 valence electrons. The van der Waals surface area contributed by atoms with Crippen LogP contribution in [0.2, 0.25) is 0 Å². The molecule has 0 aliphatic heterocycles. The Balaban J connectivity index is 2.01. The number of hydrogen-bond donors (Lipinski definition) is 1. The van der Waals surface area contributed by atoms with E-state index in [2.05, 4.69) is 65.9 Å². The van der Waals surface area contributed by atoms with Gasteiger partial charge in [0.25, 0.3) is 0 Å². The second-order valence-electron chi connectivity index (χ2n) is 7.89. The van der Waals surface area contributed by atoms with Crippen molar-refractivity contribution in [3.05, 3.63) is 65.4 Å². The Kier molecular flexibility index (Phi) is 6.18. The number of imidazole rings is 1. The maximum absolute atomic E-state index is 4.63. The summed E-state index contributed by atoms with van der Waals surface area (Å²) in [7, 11) is 1.72. The fraction of sp³-hybridized carbons (Fsp3) is 0.417. The van der Waals surface area contributed by atoms with Crippen LogP contribution >= 0.6 is 0 Å². The van der Waals surface area contributed by atoms with Gasteiger partial charge in [0.05, 0.1) is 12.0 Å². The second-order valence-corrected chi connectivity index (χ2v) is 7.89. The average Bonchev–Trinajstić information content (AvgIpc) is 3.06. The van der Waals surface area contributed by atoms with Gasteiger partial charge in [0.2, 0.25) is 0 Å². The molecule has 1 aliphatic carbocycles. The summed E-state index contributed by atoms with van der Waals surface area (Å²) in [5, 5.41) is 3.06. The van der Waals surface area contributed by atoms with E-state index in [0.29, 0.717) is 11.6 Å². The number of benzene rings is 1. The predicted molar refractivity (Wildman–Crippen MR) is 119 cm³/mol. The molecular formula is C24H32N4. The van der Waals surface area contributed by atoms with Crippen LogP contribution in [0, 0.1) is 20.8 Å². The van der Waals surface area contributed by atoms with Gasteiger partial charge < -0.3 is 5.32 Å². The van der Waals surface area contributed by atoms with Gasteiger partial charge in [-0.3, -0.25) is 9.56 Å². The summed E-state index contributed by atoms with van der Waals surface area (Å²) < 4.78 is 2.20. The molecule has 1 saturated carbocycles. The van der Waals surface area contributed by atoms with E-state index in [4.69, 9.17) is 0 Å². The maximum atomic E-state index is 4.63. The zero-order valence-corrected chi connectivity index (χ0v) is 17.7. The summed E-state index contributed by atoms with van der Waals surface area (Å²) >= 11 is 0. The van der Waals surface area contributed by atoms with E-state index in [1.165, 1.54) is 54.5 Å². The lowest BCUT2D eigenvalue weighted by atomic mass is 9.83. The fourth-order valence-electron chi connectivity index (χ4n) is 4.31. The Morgan fingerprint density at radius 2 is 1.79 bits per heavy atom. The third kappa shape index (κ3) is 3.96. The molecule has 4 nitrogen and oxygen atoms in total. The van der Waals surface area contributed by atoms with Crippen molar-refractivity contribution in [3.8, 4) is 5.69 Å². The lowest BCUT2D eigenvalue weighted by Gasteiger charge is -2.25. The molecule has 0 atom stereocenters. The summed E-state index contributed by atoms with van der Waals surface area (Å²) in [4.78, 5) is 8.59. The third-order valence-electron chi connectivity index (χ3n) is 5.75. The van der Waals surface area contributed by atoms with Crippen LogP contribution in [0.5, 0.6) is 0 Å². The standard InChI is InChI=1S/C24H32N4/c1-16-12-22(21-10-8-7-9-11-21)13-17(2)23(16)28-18(3)14-26-24(28)19(4)20(5)27-15-25-6/h12-15,21H,4-5,7-11H2,1-3,6H3,(H,25,27). The van der Waals surface area contributed by atoms with Gasteiger partial charge in [-0.05, 0) is 56.2 Å². The van der Waals surface area contributed by atoms with Gasteiger partial charge in [0.1, 0.15) is 5.82 Å². The lowest BCUT2D eigenvalue weighted by Crippen LogP contribution is -2.14. The molecular weight excluding hydrogens is 344 g/mol. The third-order valence-corrected chi connectivity index (χ3v) is 5.75. The smallest absolute Gasteiger partial charge is 0.146 e. The topological polar surface area (TPSA) is 42.2 Å². The van der Waals surface area contributed by atoms with Crippen molar-refractivity contribution in [2.24, 2.45) is 4.99 Å². The minimum absolute atomic E-state index is 0.701. The minimum atomic E-state index is 0.701. The SMILES string of the molecule is C=C(NC=NC)C(=C)c1ncc(C)n1-c1c(C)cc(C2CCCCC2)cc1C. The first-order chi connectivity index (χ1) is 13.4. The van der Waals surface area contributed by atoms with E-state index in [9.17, 15) is 0 Å². The van der Waals surface area contributed by atoms with Crippen LogP contribution in [0.15, 0.2) is 42.2 Å². The Morgan fingerprint density at radius 3 is 2.39 bits per heavy atom. The molecule has 0 radical (unpaired) electrons. The molecule has 1 aromatic heterocycles. The molecule has 3 rings (SSSR count). The summed E-state index contributed by atoms with van der Waals surface area (Å²) in [6, 6.07) is 4.75. The quantitative estimate of drug-likeness (QED) is 0.404. The highest BCUT2D eigenvalue weighted by molar-refractivity contribution is 5.78. The van der Waals surface area contributed by atoms with Gasteiger partial charge in [0, 0.05) is 30.2 Å². The highest BCUT2D eigenvalue weighted by Crippen LogP contribution is 2.36. The molecule has 2 aromatic rings. The number of rotatable bonds is 6. The number of nitrogens with one attached hydrogen (secondary N) is 1. The van der Waals surface area contributed by atoms with Crippen LogP contribution in [-0.2, 0) is 0 Å². The van der Waals surface area contributed by atoms with Crippen molar-refractivity contribution < 1.29 is 0 Å². The first kappa shape index (κ1) is 20.1. The van der Waals surface area contributed by atoms with Crippen molar-refractivity contribution in [1.82, 2.24) is 14.9 Å². The zero-order chi connectivity index (χ0) is 20.3. The first-order valence-corrected chi connectivity index (χ1v) is 10.2. The van der Waals surface area contributed by atoms with E-state index in [0.717, 1.165) is 17.1 Å². The van der Waals surface area contributed by atoms with Crippen molar-refractivity contribution in [3.63, 3.8) is 0 Å². The Hall–Kier alpha value is -2.62. The molecule has 1 aromatic carbocycles. The average molecular weight is 377 g/mol. The first-order valence-electron chi connectivity index (χ1n) is 10.2. The fourth-order valence-corrected chi connectivity index (χ4v) is 4.31. The van der Waals surface area contributed by atoms with Crippen LogP contribution in [0.1, 0.15) is 66.2 Å². The largest absolute Gasteiger partial charge is 0.347 e. The number of allylic oxidation sites excluding steroid dienone is 1. The maximum Gasteiger partial charge on any atom is 0.146 e. The number of aromatic nitrogens is 2. The summed E-state index contributed by atoms with van der Waals surface area (Å²) in [6.45, 7) is 14.8. The van der Waals surface area contributed by atoms with E-state index in [1.54, 1.807) is 13.4 Å². The Labute approximate surface area is 169 Å². The minimum Gasteiger partial charge on any atom is -0.347 e. The van der Waals surface area contributed by atoms with E-state index in [-0.39, 0.29) is 0 Å². The van der Waals surface area contributed by atoms with E-state index in [1.807, 2.05) is 6.20 Å². The normalized spacial score (nSPS) is 15.1. The van der Waals surface area contributed by atoms with Gasteiger partial charge in [-0.15, -0.1) is 0 Å². The van der Waals surface area contributed by atoms with Crippen LogP contribution in [0.3, 0.4) is 0 Å². The number of hydrogen-bond acceptors (Lipinski definition) is 2. The molecule has 1 aliphatic rings. The molecule has 0 bridgehead atoms. The Bertz CT molecular complexity index is 888. The summed E-state index contributed by atoms with van der Waals surface area (Å²) in [6.07, 6.45) is 10.2. The summed E-state index contributed by atoms with van der Waals surface area (Å²) in [5.41, 5.74) is 7.80. The van der Waals surface area contributed by atoms with Gasteiger partial charge in [-0.1, -0.05) is 44.6 Å². The van der Waals surface area contributed by atoms with E-state index < -0.39 is 0 Å². The van der Waals surface area contributed by atoms with Gasteiger partial charge >= 0.3 is 0 Å². The van der Waals surface area contributed by atoms with Crippen molar-refractivity contribution in [1.29, 1.82) is 0 Å². The molecule has 0 unspecified atom stereocenters. The predicted octanol–water partition coefficient (Wildman–Crippen LogP) is 5.62. The van der Waals surface area contributed by atoms with Crippen LogP contribution in [0.25, 0.3) is 11.3 Å². The second kappa shape index (κ2) is 8.59. The lowest BCUT2D eigenvalue weighted by molar-refractivity contribution is 0.443. The number of aryl methyl sites for hydroxylation is 3. The molecule has 1 heterocycles. The van der Waals surface area contributed by atoms with E-state index >= 15 is 0 Å². The molecule has 0 spiro atoms. The van der Waals surface area contributed by atoms with Gasteiger partial charge in [0.15, 0.2) is 0 Å². The monoisotopic (exact) mass is 376 g/mol. The molecule has 4 heteroatoms.